The first-order chi connectivity index (χ1) is 7.79. The quantitative estimate of drug-likeness (QED) is 0.785. The third-order valence-electron chi connectivity index (χ3n) is 2.11. The lowest BCUT2D eigenvalue weighted by atomic mass is 10.2. The van der Waals surface area contributed by atoms with Gasteiger partial charge in [0, 0.05) is 6.54 Å². The number of hydrogen-bond acceptors (Lipinski definition) is 3. The zero-order valence-electron chi connectivity index (χ0n) is 11.4. The summed E-state index contributed by atoms with van der Waals surface area (Å²) in [4.78, 5) is 17.8. The molecule has 1 aliphatic rings. The fraction of sp³-hybridized carbons (Fsp3) is 0.818. The number of hydrogen-bond donors (Lipinski definition) is 1. The molecule has 0 bridgehead atoms. The van der Waals surface area contributed by atoms with Crippen LogP contribution in [0.5, 0.6) is 0 Å². The van der Waals surface area contributed by atoms with Gasteiger partial charge < -0.3 is 9.74 Å². The van der Waals surface area contributed by atoms with Crippen LogP contribution in [-0.2, 0) is 4.43 Å². The Balaban J connectivity index is 2.53. The summed E-state index contributed by atoms with van der Waals surface area (Å²) in [5.41, 5.74) is 0. The highest BCUT2D eigenvalue weighted by atomic mass is 28.4. The van der Waals surface area contributed by atoms with E-state index in [-0.39, 0.29) is 6.03 Å². The van der Waals surface area contributed by atoms with E-state index >= 15 is 0 Å². The van der Waals surface area contributed by atoms with Crippen LogP contribution in [0.4, 0.5) is 4.79 Å². The lowest BCUT2D eigenvalue weighted by molar-refractivity contribution is 0.217. The van der Waals surface area contributed by atoms with E-state index in [1.54, 1.807) is 4.90 Å². The van der Waals surface area contributed by atoms with Crippen molar-refractivity contribution in [3.8, 4) is 0 Å². The van der Waals surface area contributed by atoms with Gasteiger partial charge in [0.05, 0.1) is 13.1 Å². The van der Waals surface area contributed by atoms with Crippen molar-refractivity contribution in [2.24, 2.45) is 10.9 Å². The van der Waals surface area contributed by atoms with E-state index < -0.39 is 8.32 Å². The molecule has 0 fully saturated rings. The van der Waals surface area contributed by atoms with Crippen LogP contribution < -0.4 is 5.32 Å². The molecule has 1 rings (SSSR count). The summed E-state index contributed by atoms with van der Waals surface area (Å²) in [7, 11) is -1.71. The zero-order valence-corrected chi connectivity index (χ0v) is 12.4. The summed E-state index contributed by atoms with van der Waals surface area (Å²) in [5, 5.41) is 2.88. The molecule has 1 aliphatic heterocycles. The van der Waals surface area contributed by atoms with Crippen LogP contribution in [0.15, 0.2) is 4.99 Å². The predicted molar refractivity (Wildman–Crippen MR) is 71.7 cm³/mol. The maximum absolute atomic E-state index is 11.9. The molecular weight excluding hydrogens is 234 g/mol. The highest BCUT2D eigenvalue weighted by molar-refractivity contribution is 6.71. The summed E-state index contributed by atoms with van der Waals surface area (Å²) in [6.45, 7) is 12.3. The van der Waals surface area contributed by atoms with E-state index in [1.807, 2.05) is 0 Å². The minimum atomic E-state index is -1.71. The average Bonchev–Trinajstić information content (AvgIpc) is 2.59. The Morgan fingerprint density at radius 1 is 1.53 bits per heavy atom. The van der Waals surface area contributed by atoms with Gasteiger partial charge in [-0.2, -0.15) is 0 Å². The van der Waals surface area contributed by atoms with Crippen molar-refractivity contribution in [1.29, 1.82) is 0 Å². The van der Waals surface area contributed by atoms with Crippen LogP contribution in [0.1, 0.15) is 13.8 Å². The molecule has 1 heterocycles. The largest absolute Gasteiger partial charge is 0.519 e. The highest BCUT2D eigenvalue weighted by Crippen LogP contribution is 2.11. The van der Waals surface area contributed by atoms with E-state index in [2.05, 4.69) is 43.8 Å². The highest BCUT2D eigenvalue weighted by Gasteiger charge is 2.29. The summed E-state index contributed by atoms with van der Waals surface area (Å²) in [6.07, 6.45) is 0. The monoisotopic (exact) mass is 257 g/mol. The van der Waals surface area contributed by atoms with Crippen LogP contribution in [0.2, 0.25) is 19.6 Å². The molecule has 1 N–H and O–H groups in total. The fourth-order valence-corrected chi connectivity index (χ4v) is 2.09. The second kappa shape index (κ2) is 5.53. The van der Waals surface area contributed by atoms with Gasteiger partial charge in [0.15, 0.2) is 0 Å². The molecule has 17 heavy (non-hydrogen) atoms. The number of amidine groups is 1. The number of rotatable bonds is 3. The normalized spacial score (nSPS) is 16.1. The first kappa shape index (κ1) is 14.0. The molecular formula is C11H23N3O2Si. The van der Waals surface area contributed by atoms with E-state index in [0.717, 1.165) is 0 Å². The van der Waals surface area contributed by atoms with Gasteiger partial charge in [-0.3, -0.25) is 0 Å². The van der Waals surface area contributed by atoms with Crippen molar-refractivity contribution < 1.29 is 9.22 Å². The van der Waals surface area contributed by atoms with E-state index in [0.29, 0.717) is 31.6 Å². The molecule has 5 nitrogen and oxygen atoms in total. The lowest BCUT2D eigenvalue weighted by Gasteiger charge is -2.25. The molecule has 0 aromatic heterocycles. The molecule has 2 amide bonds. The number of aliphatic imine (C=N–C) groups is 1. The number of nitrogens with one attached hydrogen (secondary N) is 1. The van der Waals surface area contributed by atoms with Crippen molar-refractivity contribution in [3.63, 3.8) is 0 Å². The molecule has 0 aromatic carbocycles. The number of nitrogens with zero attached hydrogens (tertiary/aromatic N) is 2. The molecule has 0 aliphatic carbocycles. The number of carbonyl (C=O) groups excluding carboxylic acids is 1. The minimum absolute atomic E-state index is 0.104. The maximum atomic E-state index is 11.9. The second-order valence-corrected chi connectivity index (χ2v) is 10.0. The Morgan fingerprint density at radius 2 is 2.18 bits per heavy atom. The van der Waals surface area contributed by atoms with E-state index in [1.165, 1.54) is 0 Å². The second-order valence-electron chi connectivity index (χ2n) is 5.61. The van der Waals surface area contributed by atoms with Crippen molar-refractivity contribution in [2.45, 2.75) is 33.5 Å². The maximum Gasteiger partial charge on any atom is 0.325 e. The van der Waals surface area contributed by atoms with Gasteiger partial charge in [0.1, 0.15) is 0 Å². The first-order valence-electron chi connectivity index (χ1n) is 6.08. The van der Waals surface area contributed by atoms with Crippen LogP contribution in [0, 0.1) is 5.92 Å². The van der Waals surface area contributed by atoms with Gasteiger partial charge >= 0.3 is 6.03 Å². The van der Waals surface area contributed by atoms with Crippen LogP contribution in [0.25, 0.3) is 0 Å². The van der Waals surface area contributed by atoms with Gasteiger partial charge in [-0.15, -0.1) is 0 Å². The molecule has 0 saturated carbocycles. The Kier molecular flexibility index (Phi) is 4.56. The molecule has 0 atom stereocenters. The minimum Gasteiger partial charge on any atom is -0.519 e. The molecule has 0 aromatic rings. The SMILES string of the molecule is CC(C)CNC(=O)N1CCN=C1O[Si](C)(C)C. The van der Waals surface area contributed by atoms with Crippen molar-refractivity contribution >= 4 is 20.4 Å². The average molecular weight is 257 g/mol. The zero-order chi connectivity index (χ0) is 13.1. The van der Waals surface area contributed by atoms with Crippen molar-refractivity contribution in [2.75, 3.05) is 19.6 Å². The number of amides is 2. The first-order valence-corrected chi connectivity index (χ1v) is 9.49. The molecule has 98 valence electrons. The van der Waals surface area contributed by atoms with E-state index in [4.69, 9.17) is 4.43 Å². The third kappa shape index (κ3) is 4.76. The van der Waals surface area contributed by atoms with Crippen LogP contribution in [0.3, 0.4) is 0 Å². The fourth-order valence-electron chi connectivity index (χ4n) is 1.36. The summed E-state index contributed by atoms with van der Waals surface area (Å²) in [6, 6.07) is 0.388. The molecule has 0 spiro atoms. The Morgan fingerprint density at radius 3 is 2.71 bits per heavy atom. The third-order valence-corrected chi connectivity index (χ3v) is 2.90. The lowest BCUT2D eigenvalue weighted by Crippen LogP contribution is -2.46. The smallest absolute Gasteiger partial charge is 0.325 e. The van der Waals surface area contributed by atoms with Crippen LogP contribution in [-0.4, -0.2) is 44.9 Å². The molecule has 0 radical (unpaired) electrons. The number of urea groups is 1. The topological polar surface area (TPSA) is 53.9 Å². The molecule has 6 heteroatoms. The molecule has 0 unspecified atom stereocenters. The summed E-state index contributed by atoms with van der Waals surface area (Å²) < 4.78 is 5.79. The van der Waals surface area contributed by atoms with Gasteiger partial charge in [0.25, 0.3) is 6.02 Å². The summed E-state index contributed by atoms with van der Waals surface area (Å²) >= 11 is 0. The van der Waals surface area contributed by atoms with Gasteiger partial charge in [-0.05, 0) is 25.6 Å². The van der Waals surface area contributed by atoms with Gasteiger partial charge in [-0.1, -0.05) is 13.8 Å². The van der Waals surface area contributed by atoms with E-state index in [9.17, 15) is 4.79 Å². The van der Waals surface area contributed by atoms with Crippen molar-refractivity contribution in [1.82, 2.24) is 10.2 Å². The van der Waals surface area contributed by atoms with Crippen LogP contribution >= 0.6 is 0 Å². The summed E-state index contributed by atoms with van der Waals surface area (Å²) in [5.74, 6) is 0.444. The Labute approximate surface area is 104 Å². The molecule has 0 saturated heterocycles. The Hall–Kier alpha value is -1.04. The number of carbonyl (C=O) groups is 1. The van der Waals surface area contributed by atoms with Gasteiger partial charge in [0.2, 0.25) is 8.32 Å². The van der Waals surface area contributed by atoms with Crippen molar-refractivity contribution in [3.05, 3.63) is 0 Å². The predicted octanol–water partition coefficient (Wildman–Crippen LogP) is 1.88. The van der Waals surface area contributed by atoms with Gasteiger partial charge in [-0.25, -0.2) is 14.7 Å². The standard InChI is InChI=1S/C11H23N3O2Si/c1-9(2)8-13-10(15)14-7-6-12-11(14)16-17(3,4)5/h9H,6-8H2,1-5H3,(H,13,15). The Bertz CT molecular complexity index is 310.